The molecule has 102 valence electrons. The van der Waals surface area contributed by atoms with Crippen LogP contribution >= 0.6 is 34.4 Å². The molecule has 0 fully saturated rings. The SMILES string of the molecule is CCCNC(CSC(C)C)Cc1ccc(I)cc1. The van der Waals surface area contributed by atoms with Gasteiger partial charge in [0.25, 0.3) is 0 Å². The summed E-state index contributed by atoms with van der Waals surface area (Å²) in [7, 11) is 0. The van der Waals surface area contributed by atoms with E-state index in [0.717, 1.165) is 13.0 Å². The highest BCUT2D eigenvalue weighted by atomic mass is 127. The Balaban J connectivity index is 2.50. The summed E-state index contributed by atoms with van der Waals surface area (Å²) in [4.78, 5) is 0. The second-order valence-electron chi connectivity index (χ2n) is 4.86. The van der Waals surface area contributed by atoms with Crippen LogP contribution in [0.1, 0.15) is 32.8 Å². The molecule has 1 atom stereocenters. The Kier molecular flexibility index (Phi) is 8.35. The van der Waals surface area contributed by atoms with Crippen LogP contribution in [0.25, 0.3) is 0 Å². The van der Waals surface area contributed by atoms with Gasteiger partial charge in [0.05, 0.1) is 0 Å². The summed E-state index contributed by atoms with van der Waals surface area (Å²) in [5, 5.41) is 4.38. The number of hydrogen-bond donors (Lipinski definition) is 1. The van der Waals surface area contributed by atoms with E-state index in [4.69, 9.17) is 0 Å². The molecule has 0 heterocycles. The third kappa shape index (κ3) is 7.00. The molecule has 3 heteroatoms. The minimum absolute atomic E-state index is 0.595. The molecule has 0 spiro atoms. The lowest BCUT2D eigenvalue weighted by molar-refractivity contribution is 0.550. The zero-order chi connectivity index (χ0) is 13.4. The molecule has 18 heavy (non-hydrogen) atoms. The zero-order valence-electron chi connectivity index (χ0n) is 11.6. The van der Waals surface area contributed by atoms with Gasteiger partial charge < -0.3 is 5.32 Å². The first-order valence-corrected chi connectivity index (χ1v) is 8.84. The van der Waals surface area contributed by atoms with E-state index in [-0.39, 0.29) is 0 Å². The molecular weight excluding hydrogens is 353 g/mol. The van der Waals surface area contributed by atoms with Crippen molar-refractivity contribution in [1.82, 2.24) is 5.32 Å². The average molecular weight is 377 g/mol. The van der Waals surface area contributed by atoms with Crippen LogP contribution in [-0.2, 0) is 6.42 Å². The lowest BCUT2D eigenvalue weighted by Gasteiger charge is -2.19. The van der Waals surface area contributed by atoms with Crippen LogP contribution in [0.3, 0.4) is 0 Å². The smallest absolute Gasteiger partial charge is 0.0198 e. The summed E-state index contributed by atoms with van der Waals surface area (Å²) in [6.45, 7) is 7.89. The summed E-state index contributed by atoms with van der Waals surface area (Å²) >= 11 is 4.41. The van der Waals surface area contributed by atoms with Crippen molar-refractivity contribution < 1.29 is 0 Å². The molecule has 0 aliphatic rings. The first-order valence-electron chi connectivity index (χ1n) is 6.71. The predicted octanol–water partition coefficient (Wildman–Crippen LogP) is 4.34. The predicted molar refractivity (Wildman–Crippen MR) is 92.5 cm³/mol. The highest BCUT2D eigenvalue weighted by Gasteiger charge is 2.10. The van der Waals surface area contributed by atoms with Crippen LogP contribution in [-0.4, -0.2) is 23.6 Å². The van der Waals surface area contributed by atoms with Crippen molar-refractivity contribution in [3.05, 3.63) is 33.4 Å². The molecule has 0 aliphatic carbocycles. The number of halogens is 1. The highest BCUT2D eigenvalue weighted by Crippen LogP contribution is 2.14. The summed E-state index contributed by atoms with van der Waals surface area (Å²) in [5.74, 6) is 1.20. The molecule has 1 unspecified atom stereocenters. The van der Waals surface area contributed by atoms with E-state index in [9.17, 15) is 0 Å². The van der Waals surface area contributed by atoms with Crippen molar-refractivity contribution in [2.45, 2.75) is 44.9 Å². The monoisotopic (exact) mass is 377 g/mol. The fourth-order valence-corrected chi connectivity index (χ4v) is 2.96. The fourth-order valence-electron chi connectivity index (χ4n) is 1.75. The molecule has 0 aromatic heterocycles. The van der Waals surface area contributed by atoms with Gasteiger partial charge in [-0.2, -0.15) is 11.8 Å². The maximum absolute atomic E-state index is 3.67. The van der Waals surface area contributed by atoms with Gasteiger partial charge in [-0.05, 0) is 64.9 Å². The quantitative estimate of drug-likeness (QED) is 0.677. The largest absolute Gasteiger partial charge is 0.313 e. The standard InChI is InChI=1S/C15H24INS/c1-4-9-17-15(11-18-12(2)3)10-13-5-7-14(16)8-6-13/h5-8,12,15,17H,4,9-11H2,1-3H3. The third-order valence-electron chi connectivity index (χ3n) is 2.71. The van der Waals surface area contributed by atoms with Gasteiger partial charge in [0.1, 0.15) is 0 Å². The van der Waals surface area contributed by atoms with Crippen molar-refractivity contribution in [1.29, 1.82) is 0 Å². The van der Waals surface area contributed by atoms with Crippen LogP contribution in [0, 0.1) is 3.57 Å². The fraction of sp³-hybridized carbons (Fsp3) is 0.600. The summed E-state index contributed by atoms with van der Waals surface area (Å²) in [6.07, 6.45) is 2.34. The van der Waals surface area contributed by atoms with Gasteiger partial charge in [-0.3, -0.25) is 0 Å². The molecule has 0 aliphatic heterocycles. The Morgan fingerprint density at radius 2 is 1.89 bits per heavy atom. The normalized spacial score (nSPS) is 12.9. The van der Waals surface area contributed by atoms with E-state index in [1.54, 1.807) is 0 Å². The first-order chi connectivity index (χ1) is 8.61. The van der Waals surface area contributed by atoms with Crippen LogP contribution in [0.5, 0.6) is 0 Å². The molecule has 0 amide bonds. The number of thioether (sulfide) groups is 1. The van der Waals surface area contributed by atoms with E-state index in [0.29, 0.717) is 11.3 Å². The van der Waals surface area contributed by atoms with E-state index in [2.05, 4.69) is 72.9 Å². The van der Waals surface area contributed by atoms with E-state index >= 15 is 0 Å². The topological polar surface area (TPSA) is 12.0 Å². The second kappa shape index (κ2) is 9.21. The van der Waals surface area contributed by atoms with Gasteiger partial charge >= 0.3 is 0 Å². The Bertz CT molecular complexity index is 324. The Morgan fingerprint density at radius 1 is 1.22 bits per heavy atom. The van der Waals surface area contributed by atoms with E-state index in [1.807, 2.05) is 11.8 Å². The highest BCUT2D eigenvalue weighted by molar-refractivity contribution is 14.1. The second-order valence-corrected chi connectivity index (χ2v) is 7.72. The Labute approximate surface area is 130 Å². The van der Waals surface area contributed by atoms with Gasteiger partial charge in [-0.25, -0.2) is 0 Å². The minimum atomic E-state index is 0.595. The lowest BCUT2D eigenvalue weighted by Crippen LogP contribution is -2.34. The van der Waals surface area contributed by atoms with Gasteiger partial charge in [0.15, 0.2) is 0 Å². The number of nitrogens with one attached hydrogen (secondary N) is 1. The van der Waals surface area contributed by atoms with Crippen LogP contribution in [0.2, 0.25) is 0 Å². The van der Waals surface area contributed by atoms with Gasteiger partial charge in [0, 0.05) is 15.4 Å². The van der Waals surface area contributed by atoms with E-state index < -0.39 is 0 Å². The Morgan fingerprint density at radius 3 is 2.44 bits per heavy atom. The van der Waals surface area contributed by atoms with Crippen LogP contribution in [0.15, 0.2) is 24.3 Å². The molecule has 1 nitrogen and oxygen atoms in total. The number of benzene rings is 1. The first kappa shape index (κ1) is 16.3. The zero-order valence-corrected chi connectivity index (χ0v) is 14.6. The molecule has 0 bridgehead atoms. The maximum Gasteiger partial charge on any atom is 0.0198 e. The third-order valence-corrected chi connectivity index (χ3v) is 4.69. The van der Waals surface area contributed by atoms with Crippen molar-refractivity contribution in [2.75, 3.05) is 12.3 Å². The van der Waals surface area contributed by atoms with Crippen molar-refractivity contribution in [2.24, 2.45) is 0 Å². The lowest BCUT2D eigenvalue weighted by atomic mass is 10.1. The van der Waals surface area contributed by atoms with Gasteiger partial charge in [-0.1, -0.05) is 32.9 Å². The molecule has 1 aromatic carbocycles. The van der Waals surface area contributed by atoms with Gasteiger partial charge in [0.2, 0.25) is 0 Å². The van der Waals surface area contributed by atoms with Crippen molar-refractivity contribution in [3.63, 3.8) is 0 Å². The summed E-state index contributed by atoms with van der Waals surface area (Å²) < 4.78 is 1.31. The molecule has 0 saturated heterocycles. The van der Waals surface area contributed by atoms with Crippen molar-refractivity contribution >= 4 is 34.4 Å². The molecule has 1 rings (SSSR count). The maximum atomic E-state index is 3.67. The molecule has 0 radical (unpaired) electrons. The molecule has 0 saturated carbocycles. The average Bonchev–Trinajstić information content (AvgIpc) is 2.35. The van der Waals surface area contributed by atoms with Crippen LogP contribution < -0.4 is 5.32 Å². The van der Waals surface area contributed by atoms with Crippen molar-refractivity contribution in [3.8, 4) is 0 Å². The summed E-state index contributed by atoms with van der Waals surface area (Å²) in [6, 6.07) is 9.49. The molecular formula is C15H24INS. The minimum Gasteiger partial charge on any atom is -0.313 e. The van der Waals surface area contributed by atoms with Crippen LogP contribution in [0.4, 0.5) is 0 Å². The van der Waals surface area contributed by atoms with E-state index in [1.165, 1.54) is 21.3 Å². The summed E-state index contributed by atoms with van der Waals surface area (Å²) in [5.41, 5.74) is 1.44. The molecule has 1 N–H and O–H groups in total. The number of rotatable bonds is 8. The van der Waals surface area contributed by atoms with Gasteiger partial charge in [-0.15, -0.1) is 0 Å². The number of hydrogen-bond acceptors (Lipinski definition) is 2. The molecule has 1 aromatic rings. The Hall–Kier alpha value is 0.260.